The number of rotatable bonds is 7. The van der Waals surface area contributed by atoms with Gasteiger partial charge in [0.05, 0.1) is 5.41 Å². The van der Waals surface area contributed by atoms with Crippen molar-refractivity contribution in [3.8, 4) is 0 Å². The molecule has 1 aliphatic rings. The highest BCUT2D eigenvalue weighted by molar-refractivity contribution is 6.05. The minimum absolute atomic E-state index is 0.00847. The molecule has 0 bridgehead atoms. The van der Waals surface area contributed by atoms with Crippen LogP contribution in [0.3, 0.4) is 0 Å². The van der Waals surface area contributed by atoms with Gasteiger partial charge in [0.15, 0.2) is 0 Å². The predicted octanol–water partition coefficient (Wildman–Crippen LogP) is 1.96. The molecule has 1 aliphatic heterocycles. The van der Waals surface area contributed by atoms with Crippen LogP contribution in [0.2, 0.25) is 0 Å². The number of carbonyl (C=O) groups excluding carboxylic acids is 2. The molecule has 104 valence electrons. The molecule has 2 amide bonds. The Morgan fingerprint density at radius 2 is 1.94 bits per heavy atom. The standard InChI is InChI=1S/C14H25NO3/c1-4-14(5-2)9-12(17)15(13(14)18)8-6-7-11(3)10-16/h11,16H,4-10H2,1-3H3. The molecular weight excluding hydrogens is 230 g/mol. The van der Waals surface area contributed by atoms with Crippen LogP contribution in [0.25, 0.3) is 0 Å². The van der Waals surface area contributed by atoms with E-state index in [4.69, 9.17) is 5.11 Å². The first-order chi connectivity index (χ1) is 8.50. The van der Waals surface area contributed by atoms with E-state index in [0.717, 1.165) is 25.7 Å². The highest BCUT2D eigenvalue weighted by atomic mass is 16.3. The average molecular weight is 255 g/mol. The molecule has 1 heterocycles. The molecule has 0 aromatic rings. The first-order valence-electron chi connectivity index (χ1n) is 6.96. The summed E-state index contributed by atoms with van der Waals surface area (Å²) in [5.74, 6) is 0.217. The molecule has 0 aromatic carbocycles. The maximum absolute atomic E-state index is 12.3. The molecule has 1 atom stereocenters. The summed E-state index contributed by atoms with van der Waals surface area (Å²) in [5, 5.41) is 8.94. The van der Waals surface area contributed by atoms with Crippen molar-refractivity contribution in [1.82, 2.24) is 4.90 Å². The Morgan fingerprint density at radius 3 is 2.39 bits per heavy atom. The number of aliphatic hydroxyl groups excluding tert-OH is 1. The normalized spacial score (nSPS) is 20.6. The number of amides is 2. The van der Waals surface area contributed by atoms with Gasteiger partial charge in [-0.3, -0.25) is 14.5 Å². The largest absolute Gasteiger partial charge is 0.396 e. The molecule has 0 saturated carbocycles. The lowest BCUT2D eigenvalue weighted by Gasteiger charge is -2.23. The van der Waals surface area contributed by atoms with Crippen LogP contribution in [0.15, 0.2) is 0 Å². The second-order valence-corrected chi connectivity index (χ2v) is 5.44. The molecule has 18 heavy (non-hydrogen) atoms. The van der Waals surface area contributed by atoms with Crippen molar-refractivity contribution in [3.63, 3.8) is 0 Å². The molecule has 1 saturated heterocycles. The Balaban J connectivity index is 2.57. The van der Waals surface area contributed by atoms with Gasteiger partial charge in [-0.1, -0.05) is 20.8 Å². The second kappa shape index (κ2) is 6.32. The number of nitrogens with zero attached hydrogens (tertiary/aromatic N) is 1. The maximum atomic E-state index is 12.3. The maximum Gasteiger partial charge on any atom is 0.235 e. The number of imide groups is 1. The van der Waals surface area contributed by atoms with E-state index in [-0.39, 0.29) is 24.3 Å². The lowest BCUT2D eigenvalue weighted by atomic mass is 9.81. The number of likely N-dealkylation sites (tertiary alicyclic amines) is 1. The average Bonchev–Trinajstić information content (AvgIpc) is 2.62. The molecule has 0 radical (unpaired) electrons. The first kappa shape index (κ1) is 15.2. The zero-order chi connectivity index (χ0) is 13.8. The van der Waals surface area contributed by atoms with E-state index in [9.17, 15) is 9.59 Å². The number of aliphatic hydroxyl groups is 1. The van der Waals surface area contributed by atoms with Gasteiger partial charge in [-0.05, 0) is 31.6 Å². The van der Waals surface area contributed by atoms with Gasteiger partial charge in [0.25, 0.3) is 0 Å². The summed E-state index contributed by atoms with van der Waals surface area (Å²) in [5.41, 5.74) is -0.445. The van der Waals surface area contributed by atoms with E-state index < -0.39 is 5.41 Å². The number of carbonyl (C=O) groups is 2. The first-order valence-corrected chi connectivity index (χ1v) is 6.96. The summed E-state index contributed by atoms with van der Waals surface area (Å²) in [6, 6.07) is 0. The van der Waals surface area contributed by atoms with Crippen molar-refractivity contribution in [2.24, 2.45) is 11.3 Å². The zero-order valence-corrected chi connectivity index (χ0v) is 11.7. The van der Waals surface area contributed by atoms with Crippen LogP contribution in [-0.4, -0.2) is 35.0 Å². The number of hydrogen-bond acceptors (Lipinski definition) is 3. The summed E-state index contributed by atoms with van der Waals surface area (Å²) in [7, 11) is 0. The number of hydrogen-bond donors (Lipinski definition) is 1. The Morgan fingerprint density at radius 1 is 1.33 bits per heavy atom. The smallest absolute Gasteiger partial charge is 0.235 e. The van der Waals surface area contributed by atoms with Crippen LogP contribution in [-0.2, 0) is 9.59 Å². The summed E-state index contributed by atoms with van der Waals surface area (Å²) < 4.78 is 0. The molecule has 0 aromatic heterocycles. The zero-order valence-electron chi connectivity index (χ0n) is 11.7. The minimum Gasteiger partial charge on any atom is -0.396 e. The van der Waals surface area contributed by atoms with Crippen LogP contribution in [0.5, 0.6) is 0 Å². The third-order valence-corrected chi connectivity index (χ3v) is 4.23. The van der Waals surface area contributed by atoms with Crippen molar-refractivity contribution in [3.05, 3.63) is 0 Å². The molecule has 1 unspecified atom stereocenters. The second-order valence-electron chi connectivity index (χ2n) is 5.44. The van der Waals surface area contributed by atoms with Gasteiger partial charge >= 0.3 is 0 Å². The molecule has 1 fully saturated rings. The molecule has 1 rings (SSSR count). The summed E-state index contributed by atoms with van der Waals surface area (Å²) in [6.45, 7) is 6.59. The predicted molar refractivity (Wildman–Crippen MR) is 69.8 cm³/mol. The van der Waals surface area contributed by atoms with E-state index in [1.54, 1.807) is 0 Å². The van der Waals surface area contributed by atoms with Gasteiger partial charge in [-0.15, -0.1) is 0 Å². The summed E-state index contributed by atoms with van der Waals surface area (Å²) in [6.07, 6.45) is 3.46. The monoisotopic (exact) mass is 255 g/mol. The van der Waals surface area contributed by atoms with Crippen LogP contribution < -0.4 is 0 Å². The van der Waals surface area contributed by atoms with Crippen molar-refractivity contribution in [2.75, 3.05) is 13.2 Å². The Hall–Kier alpha value is -0.900. The van der Waals surface area contributed by atoms with E-state index in [2.05, 4.69) is 0 Å². The van der Waals surface area contributed by atoms with Crippen LogP contribution in [0.1, 0.15) is 52.9 Å². The van der Waals surface area contributed by atoms with Crippen LogP contribution in [0.4, 0.5) is 0 Å². The summed E-state index contributed by atoms with van der Waals surface area (Å²) in [4.78, 5) is 25.6. The quantitative estimate of drug-likeness (QED) is 0.707. The van der Waals surface area contributed by atoms with Gasteiger partial charge in [-0.25, -0.2) is 0 Å². The third-order valence-electron chi connectivity index (χ3n) is 4.23. The highest BCUT2D eigenvalue weighted by Crippen LogP contribution is 2.39. The van der Waals surface area contributed by atoms with Gasteiger partial charge in [0.2, 0.25) is 11.8 Å². The molecule has 0 spiro atoms. The summed E-state index contributed by atoms with van der Waals surface area (Å²) >= 11 is 0. The highest BCUT2D eigenvalue weighted by Gasteiger charge is 2.48. The van der Waals surface area contributed by atoms with Crippen molar-refractivity contribution >= 4 is 11.8 Å². The van der Waals surface area contributed by atoms with Gasteiger partial charge < -0.3 is 5.11 Å². The van der Waals surface area contributed by atoms with E-state index in [1.165, 1.54) is 4.90 Å². The van der Waals surface area contributed by atoms with Crippen molar-refractivity contribution in [2.45, 2.75) is 52.9 Å². The third kappa shape index (κ3) is 2.91. The van der Waals surface area contributed by atoms with E-state index in [0.29, 0.717) is 13.0 Å². The van der Waals surface area contributed by atoms with Crippen molar-refractivity contribution in [1.29, 1.82) is 0 Å². The molecular formula is C14H25NO3. The van der Waals surface area contributed by atoms with E-state index in [1.807, 2.05) is 20.8 Å². The minimum atomic E-state index is -0.445. The van der Waals surface area contributed by atoms with Crippen molar-refractivity contribution < 1.29 is 14.7 Å². The van der Waals surface area contributed by atoms with Gasteiger partial charge in [0, 0.05) is 19.6 Å². The molecule has 4 heteroatoms. The lowest BCUT2D eigenvalue weighted by Crippen LogP contribution is -2.36. The van der Waals surface area contributed by atoms with Crippen LogP contribution in [0, 0.1) is 11.3 Å². The SMILES string of the molecule is CCC1(CC)CC(=O)N(CCCC(C)CO)C1=O. The molecule has 4 nitrogen and oxygen atoms in total. The Labute approximate surface area is 109 Å². The lowest BCUT2D eigenvalue weighted by molar-refractivity contribution is -0.141. The van der Waals surface area contributed by atoms with E-state index >= 15 is 0 Å². The molecule has 1 N–H and O–H groups in total. The molecule has 0 aliphatic carbocycles. The van der Waals surface area contributed by atoms with Gasteiger partial charge in [-0.2, -0.15) is 0 Å². The fourth-order valence-corrected chi connectivity index (χ4v) is 2.58. The topological polar surface area (TPSA) is 57.6 Å². The Kier molecular flexibility index (Phi) is 5.32. The van der Waals surface area contributed by atoms with Gasteiger partial charge in [0.1, 0.15) is 0 Å². The fraction of sp³-hybridized carbons (Fsp3) is 0.857. The van der Waals surface area contributed by atoms with Crippen LogP contribution >= 0.6 is 0 Å². The Bertz CT molecular complexity index is 310. The fourth-order valence-electron chi connectivity index (χ4n) is 2.58.